The summed E-state index contributed by atoms with van der Waals surface area (Å²) in [6.45, 7) is 8.32. The van der Waals surface area contributed by atoms with E-state index in [4.69, 9.17) is 0 Å². The third kappa shape index (κ3) is 1.36. The van der Waals surface area contributed by atoms with Crippen molar-refractivity contribution in [2.24, 2.45) is 0 Å². The van der Waals surface area contributed by atoms with Gasteiger partial charge in [0.25, 0.3) is 5.78 Å². The molecule has 0 spiro atoms. The molecule has 4 nitrogen and oxygen atoms in total. The Morgan fingerprint density at radius 3 is 2.57 bits per heavy atom. The lowest BCUT2D eigenvalue weighted by molar-refractivity contribution is 0.568. The van der Waals surface area contributed by atoms with Crippen molar-refractivity contribution in [3.05, 3.63) is 23.8 Å². The Kier molecular flexibility index (Phi) is 1.80. The summed E-state index contributed by atoms with van der Waals surface area (Å²) < 4.78 is 1.88. The van der Waals surface area contributed by atoms with E-state index in [9.17, 15) is 0 Å². The first-order valence-electron chi connectivity index (χ1n) is 4.67. The number of nitrogens with zero attached hydrogens (tertiary/aromatic N) is 4. The van der Waals surface area contributed by atoms with Crippen LogP contribution in [0.4, 0.5) is 0 Å². The molecular weight excluding hydrogens is 176 g/mol. The van der Waals surface area contributed by atoms with E-state index < -0.39 is 0 Å². The highest BCUT2D eigenvalue weighted by atomic mass is 15.3. The molecule has 0 fully saturated rings. The van der Waals surface area contributed by atoms with Gasteiger partial charge in [-0.3, -0.25) is 4.40 Å². The minimum atomic E-state index is 0.0571. The van der Waals surface area contributed by atoms with Crippen molar-refractivity contribution in [2.75, 3.05) is 0 Å². The van der Waals surface area contributed by atoms with E-state index in [0.29, 0.717) is 5.78 Å². The summed E-state index contributed by atoms with van der Waals surface area (Å²) in [7, 11) is 0. The predicted octanol–water partition coefficient (Wildman–Crippen LogP) is 1.73. The van der Waals surface area contributed by atoms with E-state index in [1.165, 1.54) is 0 Å². The zero-order valence-electron chi connectivity index (χ0n) is 8.94. The zero-order chi connectivity index (χ0) is 10.3. The first kappa shape index (κ1) is 9.12. The van der Waals surface area contributed by atoms with E-state index in [-0.39, 0.29) is 5.41 Å². The molecule has 74 valence electrons. The second-order valence-corrected chi connectivity index (χ2v) is 4.48. The zero-order valence-corrected chi connectivity index (χ0v) is 8.94. The molecule has 0 bridgehead atoms. The highest BCUT2D eigenvalue weighted by Crippen LogP contribution is 2.19. The van der Waals surface area contributed by atoms with E-state index in [0.717, 1.165) is 11.5 Å². The molecule has 2 aromatic heterocycles. The summed E-state index contributed by atoms with van der Waals surface area (Å²) >= 11 is 0. The Morgan fingerprint density at radius 1 is 1.21 bits per heavy atom. The van der Waals surface area contributed by atoms with E-state index >= 15 is 0 Å². The fourth-order valence-electron chi connectivity index (χ4n) is 1.32. The maximum Gasteiger partial charge on any atom is 0.255 e. The normalized spacial score (nSPS) is 12.3. The monoisotopic (exact) mass is 190 g/mol. The summed E-state index contributed by atoms with van der Waals surface area (Å²) in [6.07, 6.45) is 1.97. The second-order valence-electron chi connectivity index (χ2n) is 4.48. The van der Waals surface area contributed by atoms with Crippen LogP contribution in [-0.2, 0) is 5.41 Å². The number of aryl methyl sites for hydroxylation is 1. The third-order valence-corrected chi connectivity index (χ3v) is 2.22. The Morgan fingerprint density at radius 2 is 1.93 bits per heavy atom. The van der Waals surface area contributed by atoms with Crippen LogP contribution < -0.4 is 0 Å². The Hall–Kier alpha value is -1.45. The van der Waals surface area contributed by atoms with Crippen LogP contribution in [-0.4, -0.2) is 19.6 Å². The molecular formula is C10H14N4. The van der Waals surface area contributed by atoms with Crippen LogP contribution in [0.3, 0.4) is 0 Å². The lowest BCUT2D eigenvalue weighted by Crippen LogP contribution is -2.14. The molecule has 0 aliphatic carbocycles. The molecule has 0 N–H and O–H groups in total. The number of fused-ring (bicyclic) bond motifs is 1. The number of hydrogen-bond acceptors (Lipinski definition) is 3. The molecule has 2 heterocycles. The van der Waals surface area contributed by atoms with Crippen molar-refractivity contribution in [3.63, 3.8) is 0 Å². The van der Waals surface area contributed by atoms with Crippen LogP contribution in [0.1, 0.15) is 32.3 Å². The second kappa shape index (κ2) is 2.77. The van der Waals surface area contributed by atoms with Gasteiger partial charge in [-0.05, 0) is 13.0 Å². The fourth-order valence-corrected chi connectivity index (χ4v) is 1.32. The molecule has 0 aliphatic heterocycles. The lowest BCUT2D eigenvalue weighted by atomic mass is 9.92. The van der Waals surface area contributed by atoms with Gasteiger partial charge in [0.15, 0.2) is 0 Å². The maximum atomic E-state index is 4.46. The van der Waals surface area contributed by atoms with Crippen molar-refractivity contribution in [1.82, 2.24) is 19.6 Å². The minimum Gasteiger partial charge on any atom is -0.271 e. The first-order chi connectivity index (χ1) is 6.48. The van der Waals surface area contributed by atoms with Gasteiger partial charge < -0.3 is 0 Å². The summed E-state index contributed by atoms with van der Waals surface area (Å²) in [6, 6.07) is 2.02. The highest BCUT2D eigenvalue weighted by Gasteiger charge is 2.16. The van der Waals surface area contributed by atoms with E-state index in [1.807, 2.05) is 23.6 Å². The van der Waals surface area contributed by atoms with Crippen molar-refractivity contribution >= 4 is 5.78 Å². The molecule has 4 heteroatoms. The molecule has 0 amide bonds. The van der Waals surface area contributed by atoms with E-state index in [2.05, 4.69) is 36.0 Å². The number of rotatable bonds is 0. The van der Waals surface area contributed by atoms with Crippen LogP contribution in [0.15, 0.2) is 12.3 Å². The Balaban J connectivity index is 2.63. The number of aromatic nitrogens is 4. The maximum absolute atomic E-state index is 4.46. The number of hydrogen-bond donors (Lipinski definition) is 0. The van der Waals surface area contributed by atoms with Gasteiger partial charge in [-0.15, -0.1) is 10.2 Å². The van der Waals surface area contributed by atoms with Crippen molar-refractivity contribution in [1.29, 1.82) is 0 Å². The van der Waals surface area contributed by atoms with Crippen molar-refractivity contribution in [2.45, 2.75) is 33.1 Å². The highest BCUT2D eigenvalue weighted by molar-refractivity contribution is 5.30. The van der Waals surface area contributed by atoms with Gasteiger partial charge in [-0.2, -0.15) is 0 Å². The molecule has 0 aromatic carbocycles. The SMILES string of the molecule is Cc1nnc2nc(C(C)(C)C)ccn12. The molecule has 0 saturated heterocycles. The molecule has 0 atom stereocenters. The van der Waals surface area contributed by atoms with Crippen LogP contribution >= 0.6 is 0 Å². The lowest BCUT2D eigenvalue weighted by Gasteiger charge is -2.16. The van der Waals surface area contributed by atoms with Gasteiger partial charge in [0.1, 0.15) is 5.82 Å². The molecule has 0 radical (unpaired) electrons. The van der Waals surface area contributed by atoms with E-state index in [1.54, 1.807) is 0 Å². The van der Waals surface area contributed by atoms with Gasteiger partial charge in [-0.1, -0.05) is 20.8 Å². The van der Waals surface area contributed by atoms with Gasteiger partial charge >= 0.3 is 0 Å². The average Bonchev–Trinajstić information content (AvgIpc) is 2.46. The first-order valence-corrected chi connectivity index (χ1v) is 4.67. The molecule has 14 heavy (non-hydrogen) atoms. The van der Waals surface area contributed by atoms with Gasteiger partial charge in [-0.25, -0.2) is 4.98 Å². The summed E-state index contributed by atoms with van der Waals surface area (Å²) in [5.41, 5.74) is 1.10. The third-order valence-electron chi connectivity index (χ3n) is 2.22. The molecule has 0 saturated carbocycles. The molecule has 2 aromatic rings. The average molecular weight is 190 g/mol. The standard InChI is InChI=1S/C10H14N4/c1-7-12-13-9-11-8(10(2,3)4)5-6-14(7)9/h5-6H,1-4H3. The van der Waals surface area contributed by atoms with Crippen LogP contribution in [0.5, 0.6) is 0 Å². The van der Waals surface area contributed by atoms with Gasteiger partial charge in [0.2, 0.25) is 0 Å². The van der Waals surface area contributed by atoms with Crippen LogP contribution in [0, 0.1) is 6.92 Å². The van der Waals surface area contributed by atoms with Crippen molar-refractivity contribution < 1.29 is 0 Å². The van der Waals surface area contributed by atoms with Gasteiger partial charge in [0, 0.05) is 11.6 Å². The van der Waals surface area contributed by atoms with Crippen LogP contribution in [0.2, 0.25) is 0 Å². The Bertz CT molecular complexity index is 464. The molecule has 0 unspecified atom stereocenters. The quantitative estimate of drug-likeness (QED) is 0.635. The fraction of sp³-hybridized carbons (Fsp3) is 0.500. The largest absolute Gasteiger partial charge is 0.271 e. The van der Waals surface area contributed by atoms with Crippen molar-refractivity contribution in [3.8, 4) is 0 Å². The smallest absolute Gasteiger partial charge is 0.255 e. The molecule has 0 aliphatic rings. The van der Waals surface area contributed by atoms with Crippen LogP contribution in [0.25, 0.3) is 5.78 Å². The topological polar surface area (TPSA) is 43.1 Å². The summed E-state index contributed by atoms with van der Waals surface area (Å²) in [4.78, 5) is 4.46. The molecule has 2 rings (SSSR count). The summed E-state index contributed by atoms with van der Waals surface area (Å²) in [5, 5.41) is 7.96. The predicted molar refractivity (Wildman–Crippen MR) is 54.2 cm³/mol. The summed E-state index contributed by atoms with van der Waals surface area (Å²) in [5.74, 6) is 1.54. The minimum absolute atomic E-state index is 0.0571. The Labute approximate surface area is 83.0 Å². The van der Waals surface area contributed by atoms with Gasteiger partial charge in [0.05, 0.1) is 5.69 Å².